The van der Waals surface area contributed by atoms with E-state index in [1.54, 1.807) is 6.08 Å². The van der Waals surface area contributed by atoms with Crippen LogP contribution in [-0.4, -0.2) is 0 Å². The van der Waals surface area contributed by atoms with Crippen LogP contribution in [-0.2, 0) is 0 Å². The highest BCUT2D eigenvalue weighted by Crippen LogP contribution is 2.34. The van der Waals surface area contributed by atoms with Crippen LogP contribution in [0.15, 0.2) is 123 Å². The summed E-state index contributed by atoms with van der Waals surface area (Å²) in [5.74, 6) is 0. The number of rotatable bonds is 6. The number of nitrogens with zero attached hydrogens (tertiary/aromatic N) is 4. The summed E-state index contributed by atoms with van der Waals surface area (Å²) in [6.45, 7) is 7.79. The molecule has 0 aliphatic heterocycles. The lowest BCUT2D eigenvalue weighted by molar-refractivity contribution is 1.15. The molecule has 0 radical (unpaired) electrons. The van der Waals surface area contributed by atoms with Crippen molar-refractivity contribution in [3.63, 3.8) is 0 Å². The molecule has 0 aliphatic rings. The molecular weight excluding hydrogens is 344 g/mol. The Labute approximate surface area is 165 Å². The second-order valence-corrected chi connectivity index (χ2v) is 6.16. The molecule has 28 heavy (non-hydrogen) atoms. The molecule has 3 aromatic rings. The van der Waals surface area contributed by atoms with Gasteiger partial charge in [-0.1, -0.05) is 61.2 Å². The third-order valence-corrected chi connectivity index (χ3v) is 4.19. The number of benzene rings is 3. The summed E-state index contributed by atoms with van der Waals surface area (Å²) < 4.78 is 0. The normalized spacial score (nSPS) is 12.9. The highest BCUT2D eigenvalue weighted by molar-refractivity contribution is 5.99. The van der Waals surface area contributed by atoms with Crippen molar-refractivity contribution in [3.05, 3.63) is 103 Å². The standard InChI is InChI=1S/C24H22N4/c1-4-11-18(3)22(5-2)26-28-24-17-16-23(20-14-9-10-15-21(20)24)27-25-19-12-7-6-8-13-19/h4-17H,2H2,1,3H3/b11-4-,22-18-,27-25?,28-26?. The van der Waals surface area contributed by atoms with Crippen molar-refractivity contribution in [1.29, 1.82) is 0 Å². The van der Waals surface area contributed by atoms with Crippen molar-refractivity contribution in [1.82, 2.24) is 0 Å². The SMILES string of the molecule is C=C/C(N=Nc1ccc(N=Nc2ccccc2)c2ccccc12)=C(C)/C=C\C. The van der Waals surface area contributed by atoms with Gasteiger partial charge in [0.1, 0.15) is 0 Å². The van der Waals surface area contributed by atoms with Crippen molar-refractivity contribution in [3.8, 4) is 0 Å². The van der Waals surface area contributed by atoms with Crippen LogP contribution in [0.2, 0.25) is 0 Å². The zero-order valence-corrected chi connectivity index (χ0v) is 16.1. The second kappa shape index (κ2) is 9.33. The fourth-order valence-electron chi connectivity index (χ4n) is 2.77. The van der Waals surface area contributed by atoms with Gasteiger partial charge in [-0.25, -0.2) is 0 Å². The van der Waals surface area contributed by atoms with Crippen LogP contribution < -0.4 is 0 Å². The van der Waals surface area contributed by atoms with Crippen molar-refractivity contribution in [2.24, 2.45) is 20.5 Å². The summed E-state index contributed by atoms with van der Waals surface area (Å²) in [6.07, 6.45) is 5.67. The van der Waals surface area contributed by atoms with Crippen molar-refractivity contribution < 1.29 is 0 Å². The quantitative estimate of drug-likeness (QED) is 0.311. The van der Waals surface area contributed by atoms with E-state index in [1.807, 2.05) is 92.7 Å². The average Bonchev–Trinajstić information content (AvgIpc) is 2.74. The van der Waals surface area contributed by atoms with Gasteiger partial charge in [0.05, 0.1) is 22.8 Å². The van der Waals surface area contributed by atoms with E-state index < -0.39 is 0 Å². The Morgan fingerprint density at radius 1 is 0.786 bits per heavy atom. The first-order valence-corrected chi connectivity index (χ1v) is 9.09. The molecule has 0 saturated carbocycles. The molecule has 0 spiro atoms. The Balaban J connectivity index is 2.00. The van der Waals surface area contributed by atoms with Gasteiger partial charge in [0, 0.05) is 10.8 Å². The lowest BCUT2D eigenvalue weighted by Gasteiger charge is -2.04. The molecule has 0 saturated heterocycles. The molecule has 0 unspecified atom stereocenters. The van der Waals surface area contributed by atoms with Gasteiger partial charge in [0.25, 0.3) is 0 Å². The Kier molecular flexibility index (Phi) is 6.37. The molecule has 0 heterocycles. The van der Waals surface area contributed by atoms with Gasteiger partial charge in [0.15, 0.2) is 0 Å². The predicted octanol–water partition coefficient (Wildman–Crippen LogP) is 8.38. The first kappa shape index (κ1) is 19.1. The van der Waals surface area contributed by atoms with E-state index in [9.17, 15) is 0 Å². The topological polar surface area (TPSA) is 49.4 Å². The molecule has 0 aliphatic carbocycles. The largest absolute Gasteiger partial charge is 0.151 e. The van der Waals surface area contributed by atoms with Gasteiger partial charge in [-0.3, -0.25) is 0 Å². The summed E-state index contributed by atoms with van der Waals surface area (Å²) in [4.78, 5) is 0. The van der Waals surface area contributed by atoms with E-state index in [4.69, 9.17) is 0 Å². The molecule has 3 aromatic carbocycles. The summed E-state index contributed by atoms with van der Waals surface area (Å²) in [7, 11) is 0. The van der Waals surface area contributed by atoms with Gasteiger partial charge in [-0.2, -0.15) is 10.2 Å². The van der Waals surface area contributed by atoms with Crippen LogP contribution in [0.5, 0.6) is 0 Å². The molecular formula is C24H22N4. The lowest BCUT2D eigenvalue weighted by Crippen LogP contribution is -1.78. The average molecular weight is 366 g/mol. The lowest BCUT2D eigenvalue weighted by atomic mass is 10.1. The molecule has 138 valence electrons. The maximum absolute atomic E-state index is 4.46. The molecule has 0 N–H and O–H groups in total. The maximum Gasteiger partial charge on any atom is 0.0936 e. The van der Waals surface area contributed by atoms with E-state index in [0.29, 0.717) is 0 Å². The zero-order chi connectivity index (χ0) is 19.8. The van der Waals surface area contributed by atoms with Crippen molar-refractivity contribution >= 4 is 27.8 Å². The van der Waals surface area contributed by atoms with E-state index in [-0.39, 0.29) is 0 Å². The van der Waals surface area contributed by atoms with Crippen molar-refractivity contribution in [2.45, 2.75) is 13.8 Å². The number of allylic oxidation sites excluding steroid dienone is 4. The van der Waals surface area contributed by atoms with E-state index >= 15 is 0 Å². The summed E-state index contributed by atoms with van der Waals surface area (Å²) in [6, 6.07) is 21.5. The molecule has 0 aromatic heterocycles. The highest BCUT2D eigenvalue weighted by Gasteiger charge is 2.05. The van der Waals surface area contributed by atoms with Gasteiger partial charge in [-0.05, 0) is 49.8 Å². The minimum atomic E-state index is 0.745. The van der Waals surface area contributed by atoms with Crippen LogP contribution in [0.1, 0.15) is 13.8 Å². The maximum atomic E-state index is 4.46. The van der Waals surface area contributed by atoms with Gasteiger partial charge in [0.2, 0.25) is 0 Å². The minimum absolute atomic E-state index is 0.745. The van der Waals surface area contributed by atoms with E-state index in [2.05, 4.69) is 27.0 Å². The van der Waals surface area contributed by atoms with Crippen LogP contribution >= 0.6 is 0 Å². The summed E-state index contributed by atoms with van der Waals surface area (Å²) in [5, 5.41) is 19.6. The van der Waals surface area contributed by atoms with Crippen LogP contribution in [0.4, 0.5) is 17.1 Å². The Morgan fingerprint density at radius 2 is 1.39 bits per heavy atom. The molecule has 4 heteroatoms. The molecule has 3 rings (SSSR count). The Hall–Kier alpha value is -3.66. The highest BCUT2D eigenvalue weighted by atomic mass is 15.1. The second-order valence-electron chi connectivity index (χ2n) is 6.16. The Bertz CT molecular complexity index is 1090. The third kappa shape index (κ3) is 4.54. The number of fused-ring (bicyclic) bond motifs is 1. The number of azo groups is 2. The van der Waals surface area contributed by atoms with Crippen molar-refractivity contribution in [2.75, 3.05) is 0 Å². The van der Waals surface area contributed by atoms with Gasteiger partial charge in [-0.15, -0.1) is 10.2 Å². The van der Waals surface area contributed by atoms with E-state index in [1.165, 1.54) is 0 Å². The smallest absolute Gasteiger partial charge is 0.0936 e. The molecule has 0 bridgehead atoms. The predicted molar refractivity (Wildman–Crippen MR) is 117 cm³/mol. The van der Waals surface area contributed by atoms with Crippen LogP contribution in [0, 0.1) is 0 Å². The monoisotopic (exact) mass is 366 g/mol. The van der Waals surface area contributed by atoms with Crippen LogP contribution in [0.25, 0.3) is 10.8 Å². The minimum Gasteiger partial charge on any atom is -0.151 e. The molecule has 0 amide bonds. The van der Waals surface area contributed by atoms with E-state index in [0.717, 1.165) is 39.1 Å². The fraction of sp³-hybridized carbons (Fsp3) is 0.0833. The molecule has 0 fully saturated rings. The zero-order valence-electron chi connectivity index (χ0n) is 16.1. The summed E-state index contributed by atoms with van der Waals surface area (Å²) in [5.41, 5.74) is 4.15. The number of hydrogen-bond acceptors (Lipinski definition) is 4. The fourth-order valence-corrected chi connectivity index (χ4v) is 2.77. The van der Waals surface area contributed by atoms with Gasteiger partial charge < -0.3 is 0 Å². The Morgan fingerprint density at radius 3 is 2.00 bits per heavy atom. The summed E-state index contributed by atoms with van der Waals surface area (Å²) >= 11 is 0. The molecule has 4 nitrogen and oxygen atoms in total. The van der Waals surface area contributed by atoms with Crippen LogP contribution in [0.3, 0.4) is 0 Å². The number of hydrogen-bond donors (Lipinski definition) is 0. The first-order valence-electron chi connectivity index (χ1n) is 9.09. The first-order chi connectivity index (χ1) is 13.7. The van der Waals surface area contributed by atoms with Gasteiger partial charge >= 0.3 is 0 Å². The third-order valence-electron chi connectivity index (χ3n) is 4.19. The molecule has 0 atom stereocenters.